The normalized spacial score (nSPS) is 17.2. The maximum absolute atomic E-state index is 13.1. The fourth-order valence-electron chi connectivity index (χ4n) is 1.70. The van der Waals surface area contributed by atoms with Crippen LogP contribution in [0.25, 0.3) is 0 Å². The van der Waals surface area contributed by atoms with E-state index in [1.54, 1.807) is 6.92 Å². The summed E-state index contributed by atoms with van der Waals surface area (Å²) >= 11 is 5.78. The Morgan fingerprint density at radius 1 is 1.67 bits per heavy atom. The second kappa shape index (κ2) is 3.79. The van der Waals surface area contributed by atoms with Gasteiger partial charge in [0.2, 0.25) is 0 Å². The van der Waals surface area contributed by atoms with Crippen molar-refractivity contribution in [2.24, 2.45) is 5.92 Å². The smallest absolute Gasteiger partial charge is 0.160 e. The minimum atomic E-state index is -0.523. The summed E-state index contributed by atoms with van der Waals surface area (Å²) in [6, 6.07) is 2.22. The molecule has 2 rings (SSSR count). The molecule has 0 saturated heterocycles. The molecule has 0 aliphatic heterocycles. The number of pyridine rings is 1. The van der Waals surface area contributed by atoms with Gasteiger partial charge in [-0.2, -0.15) is 5.26 Å². The third-order valence-electron chi connectivity index (χ3n) is 2.77. The first-order chi connectivity index (χ1) is 7.15. The quantitative estimate of drug-likeness (QED) is 0.774. The summed E-state index contributed by atoms with van der Waals surface area (Å²) in [7, 11) is 0. The molecule has 1 heterocycles. The minimum absolute atomic E-state index is 0.0842. The highest BCUT2D eigenvalue weighted by Gasteiger charge is 2.34. The summed E-state index contributed by atoms with van der Waals surface area (Å²) in [6.45, 7) is 1.71. The van der Waals surface area contributed by atoms with Gasteiger partial charge in [-0.15, -0.1) is 0 Å². The fraction of sp³-hybridized carbons (Fsp3) is 0.455. The van der Waals surface area contributed by atoms with Crippen molar-refractivity contribution in [3.63, 3.8) is 0 Å². The molecule has 4 heteroatoms. The Hall–Kier alpha value is -1.14. The van der Waals surface area contributed by atoms with Gasteiger partial charge in [0.1, 0.15) is 0 Å². The van der Waals surface area contributed by atoms with E-state index in [9.17, 15) is 4.39 Å². The number of nitriles is 1. The number of hydrogen-bond acceptors (Lipinski definition) is 2. The van der Waals surface area contributed by atoms with Crippen LogP contribution in [0.5, 0.6) is 0 Å². The molecule has 1 atom stereocenters. The lowest BCUT2D eigenvalue weighted by atomic mass is 9.97. The Bertz CT molecular complexity index is 435. The highest BCUT2D eigenvalue weighted by molar-refractivity contribution is 6.31. The molecule has 0 N–H and O–H groups in total. The van der Waals surface area contributed by atoms with Crippen molar-refractivity contribution in [2.45, 2.75) is 25.7 Å². The topological polar surface area (TPSA) is 36.7 Å². The van der Waals surface area contributed by atoms with Gasteiger partial charge < -0.3 is 0 Å². The number of nitrogens with zero attached hydrogens (tertiary/aromatic N) is 2. The Labute approximate surface area is 92.7 Å². The van der Waals surface area contributed by atoms with Gasteiger partial charge in [-0.25, -0.2) is 4.39 Å². The molecular formula is C11H10ClFN2. The van der Waals surface area contributed by atoms with Gasteiger partial charge in [0.15, 0.2) is 5.82 Å². The van der Waals surface area contributed by atoms with Crippen LogP contribution in [0.15, 0.2) is 6.20 Å². The van der Waals surface area contributed by atoms with E-state index in [1.807, 2.05) is 0 Å². The average molecular weight is 225 g/mol. The van der Waals surface area contributed by atoms with Crippen molar-refractivity contribution in [3.05, 3.63) is 28.3 Å². The molecule has 0 spiro atoms. The maximum atomic E-state index is 13.1. The third-order valence-corrected chi connectivity index (χ3v) is 3.23. The van der Waals surface area contributed by atoms with Crippen LogP contribution in [-0.2, 0) is 0 Å². The van der Waals surface area contributed by atoms with Gasteiger partial charge in [-0.05, 0) is 31.2 Å². The van der Waals surface area contributed by atoms with Crippen LogP contribution in [0.4, 0.5) is 4.39 Å². The Morgan fingerprint density at radius 3 is 2.87 bits per heavy atom. The fourth-order valence-corrected chi connectivity index (χ4v) is 1.85. The highest BCUT2D eigenvalue weighted by atomic mass is 35.5. The lowest BCUT2D eigenvalue weighted by Crippen LogP contribution is -2.05. The van der Waals surface area contributed by atoms with Crippen molar-refractivity contribution in [1.82, 2.24) is 4.98 Å². The van der Waals surface area contributed by atoms with E-state index in [-0.39, 0.29) is 10.9 Å². The molecule has 0 amide bonds. The second-order valence-electron chi connectivity index (χ2n) is 3.87. The Morgan fingerprint density at radius 2 is 2.33 bits per heavy atom. The Balaban J connectivity index is 2.44. The molecule has 15 heavy (non-hydrogen) atoms. The zero-order valence-electron chi connectivity index (χ0n) is 8.30. The number of rotatable bonds is 2. The van der Waals surface area contributed by atoms with Crippen molar-refractivity contribution in [1.29, 1.82) is 5.26 Å². The predicted molar refractivity (Wildman–Crippen MR) is 55.0 cm³/mol. The van der Waals surface area contributed by atoms with Crippen LogP contribution in [0, 0.1) is 30.0 Å². The van der Waals surface area contributed by atoms with E-state index in [4.69, 9.17) is 16.9 Å². The third kappa shape index (κ3) is 1.82. The molecular weight excluding hydrogens is 215 g/mol. The van der Waals surface area contributed by atoms with E-state index in [1.165, 1.54) is 0 Å². The van der Waals surface area contributed by atoms with E-state index in [0.717, 1.165) is 19.0 Å². The molecule has 2 nitrogen and oxygen atoms in total. The summed E-state index contributed by atoms with van der Waals surface area (Å²) in [6.07, 6.45) is 3.19. The average Bonchev–Trinajstić information content (AvgIpc) is 3.03. The summed E-state index contributed by atoms with van der Waals surface area (Å²) in [5.41, 5.74) is 1.22. The van der Waals surface area contributed by atoms with Crippen LogP contribution < -0.4 is 0 Å². The van der Waals surface area contributed by atoms with Crippen LogP contribution >= 0.6 is 11.6 Å². The second-order valence-corrected chi connectivity index (χ2v) is 4.25. The zero-order chi connectivity index (χ0) is 11.0. The summed E-state index contributed by atoms with van der Waals surface area (Å²) in [5.74, 6) is -0.378. The molecule has 1 saturated carbocycles. The van der Waals surface area contributed by atoms with Crippen LogP contribution in [0.2, 0.25) is 5.02 Å². The van der Waals surface area contributed by atoms with E-state index >= 15 is 0 Å². The van der Waals surface area contributed by atoms with Crippen LogP contribution in [0.1, 0.15) is 30.0 Å². The van der Waals surface area contributed by atoms with Gasteiger partial charge in [0.05, 0.1) is 28.9 Å². The minimum Gasteiger partial charge on any atom is -0.256 e. The Kier molecular flexibility index (Phi) is 2.62. The van der Waals surface area contributed by atoms with Gasteiger partial charge >= 0.3 is 0 Å². The molecule has 1 aromatic heterocycles. The SMILES string of the molecule is Cc1c([C@@H](C#N)C2CC2)ncc(F)c1Cl. The number of aromatic nitrogens is 1. The van der Waals surface area contributed by atoms with Crippen molar-refractivity contribution >= 4 is 11.6 Å². The van der Waals surface area contributed by atoms with Crippen molar-refractivity contribution < 1.29 is 4.39 Å². The lowest BCUT2D eigenvalue weighted by molar-refractivity contribution is 0.612. The molecule has 1 aliphatic carbocycles. The molecule has 0 unspecified atom stereocenters. The molecule has 0 radical (unpaired) electrons. The van der Waals surface area contributed by atoms with Gasteiger partial charge in [0, 0.05) is 0 Å². The predicted octanol–water partition coefficient (Wildman–Crippen LogP) is 3.20. The molecule has 1 aromatic rings. The monoisotopic (exact) mass is 224 g/mol. The first-order valence-electron chi connectivity index (χ1n) is 4.85. The van der Waals surface area contributed by atoms with Crippen molar-refractivity contribution in [2.75, 3.05) is 0 Å². The van der Waals surface area contributed by atoms with Crippen molar-refractivity contribution in [3.8, 4) is 6.07 Å². The van der Waals surface area contributed by atoms with Gasteiger partial charge in [-0.3, -0.25) is 4.98 Å². The van der Waals surface area contributed by atoms with E-state index in [0.29, 0.717) is 17.2 Å². The highest BCUT2D eigenvalue weighted by Crippen LogP contribution is 2.43. The summed E-state index contributed by atoms with van der Waals surface area (Å²) in [4.78, 5) is 3.99. The van der Waals surface area contributed by atoms with Crippen LogP contribution in [0.3, 0.4) is 0 Å². The molecule has 0 aromatic carbocycles. The van der Waals surface area contributed by atoms with Gasteiger partial charge in [0.25, 0.3) is 0 Å². The summed E-state index contributed by atoms with van der Waals surface area (Å²) in [5, 5.41) is 9.13. The van der Waals surface area contributed by atoms with Gasteiger partial charge in [-0.1, -0.05) is 11.6 Å². The number of halogens is 2. The molecule has 1 fully saturated rings. The first-order valence-corrected chi connectivity index (χ1v) is 5.23. The largest absolute Gasteiger partial charge is 0.256 e. The van der Waals surface area contributed by atoms with E-state index < -0.39 is 5.82 Å². The zero-order valence-corrected chi connectivity index (χ0v) is 9.05. The molecule has 0 bridgehead atoms. The first kappa shape index (κ1) is 10.4. The molecule has 78 valence electrons. The lowest BCUT2D eigenvalue weighted by Gasteiger charge is -2.11. The van der Waals surface area contributed by atoms with Crippen LogP contribution in [-0.4, -0.2) is 4.98 Å². The standard InChI is InChI=1S/C11H10ClFN2/c1-6-10(12)9(13)5-15-11(6)8(4-14)7-2-3-7/h5,7-8H,2-3H2,1H3/t8-/m0/s1. The summed E-state index contributed by atoms with van der Waals surface area (Å²) < 4.78 is 13.1. The maximum Gasteiger partial charge on any atom is 0.160 e. The molecule has 1 aliphatic rings. The van der Waals surface area contributed by atoms with E-state index in [2.05, 4.69) is 11.1 Å². The number of hydrogen-bond donors (Lipinski definition) is 0.